The lowest BCUT2D eigenvalue weighted by Gasteiger charge is -2.32. The number of rotatable bonds is 13. The molecular weight excluding hydrogens is 588 g/mol. The molecule has 1 aliphatic carbocycles. The number of nitrogens with two attached hydrogens (primary N) is 1. The number of alkyl halides is 2. The third-order valence-corrected chi connectivity index (χ3v) is 8.84. The number of nitrogen functional groups attached to an aromatic ring is 1. The number of benzene rings is 1. The van der Waals surface area contributed by atoms with E-state index in [1.165, 1.54) is 6.20 Å². The van der Waals surface area contributed by atoms with Crippen molar-refractivity contribution in [2.45, 2.75) is 83.0 Å². The van der Waals surface area contributed by atoms with Gasteiger partial charge in [-0.25, -0.2) is 8.78 Å². The molecule has 1 saturated heterocycles. The van der Waals surface area contributed by atoms with E-state index in [4.69, 9.17) is 10.5 Å². The number of hydrogen-bond acceptors (Lipinski definition) is 9. The number of nitrogens with one attached hydrogen (secondary N) is 2. The van der Waals surface area contributed by atoms with E-state index in [1.807, 2.05) is 14.0 Å². The van der Waals surface area contributed by atoms with Crippen LogP contribution in [-0.4, -0.2) is 82.2 Å². The summed E-state index contributed by atoms with van der Waals surface area (Å²) in [5.41, 5.74) is 6.26. The maximum Gasteiger partial charge on any atom is 0.284 e. The van der Waals surface area contributed by atoms with Crippen LogP contribution >= 0.6 is 0 Å². The van der Waals surface area contributed by atoms with Crippen molar-refractivity contribution in [3.05, 3.63) is 41.2 Å². The van der Waals surface area contributed by atoms with E-state index in [2.05, 4.69) is 20.6 Å². The van der Waals surface area contributed by atoms with Crippen LogP contribution in [0.3, 0.4) is 0 Å². The molecule has 1 saturated carbocycles. The second-order valence-electron chi connectivity index (χ2n) is 12.2. The predicted octanol–water partition coefficient (Wildman–Crippen LogP) is 3.72. The molecule has 2 aromatic rings. The minimum absolute atomic E-state index is 0.0309. The minimum Gasteiger partial charge on any atom is -0.396 e. The number of imide groups is 2. The van der Waals surface area contributed by atoms with Crippen LogP contribution < -0.4 is 16.4 Å². The molecule has 2 aliphatic heterocycles. The third-order valence-electron chi connectivity index (χ3n) is 8.84. The summed E-state index contributed by atoms with van der Waals surface area (Å²) in [6.45, 7) is 4.08. The van der Waals surface area contributed by atoms with Gasteiger partial charge in [-0.2, -0.15) is 5.10 Å². The van der Waals surface area contributed by atoms with Gasteiger partial charge in [-0.3, -0.25) is 34.1 Å². The van der Waals surface area contributed by atoms with Gasteiger partial charge in [0.15, 0.2) is 5.69 Å². The third kappa shape index (κ3) is 7.17. The monoisotopic (exact) mass is 629 g/mol. The van der Waals surface area contributed by atoms with Gasteiger partial charge in [-0.15, -0.1) is 0 Å². The fraction of sp³-hybridized carbons (Fsp3) is 0.581. The summed E-state index contributed by atoms with van der Waals surface area (Å²) in [5.74, 6) is -1.75. The molecule has 0 bridgehead atoms. The standard InChI is InChI=1S/C31H41F2N7O5/c1-3-15-45-25(13-14-38(2)16-18-7-9-19(10-8-18)39-17-21(34)27(37-39)28(32)33)35-22-6-4-5-20-26(22)31(44)40(30(20)43)23-11-12-24(41)36-29(23)42/h4-6,17-19,23,25,28,35H,3,7-16,34H2,1-2H3,(H,36,41,42). The minimum atomic E-state index is -2.69. The molecular formula is C31H41F2N7O5. The zero-order chi connectivity index (χ0) is 32.2. The van der Waals surface area contributed by atoms with E-state index in [0.29, 0.717) is 31.2 Å². The van der Waals surface area contributed by atoms with Crippen molar-refractivity contribution in [2.24, 2.45) is 5.92 Å². The molecule has 12 nitrogen and oxygen atoms in total. The molecule has 2 fully saturated rings. The summed E-state index contributed by atoms with van der Waals surface area (Å²) in [4.78, 5) is 54.0. The highest BCUT2D eigenvalue weighted by Crippen LogP contribution is 2.35. The quantitative estimate of drug-likeness (QED) is 0.222. The summed E-state index contributed by atoms with van der Waals surface area (Å²) < 4.78 is 33.9. The highest BCUT2D eigenvalue weighted by atomic mass is 19.3. The van der Waals surface area contributed by atoms with Crippen LogP contribution in [0.5, 0.6) is 0 Å². The number of halogens is 2. The average molecular weight is 630 g/mol. The van der Waals surface area contributed by atoms with Crippen LogP contribution in [0.25, 0.3) is 0 Å². The number of amides is 4. The normalized spacial score (nSPS) is 22.7. The number of hydrogen-bond donors (Lipinski definition) is 3. The largest absolute Gasteiger partial charge is 0.396 e. The smallest absolute Gasteiger partial charge is 0.284 e. The molecule has 2 unspecified atom stereocenters. The first kappa shape index (κ1) is 32.5. The first-order valence-electron chi connectivity index (χ1n) is 15.6. The van der Waals surface area contributed by atoms with Gasteiger partial charge in [-0.05, 0) is 63.6 Å². The topological polar surface area (TPSA) is 152 Å². The first-order valence-corrected chi connectivity index (χ1v) is 15.6. The van der Waals surface area contributed by atoms with Crippen molar-refractivity contribution in [2.75, 3.05) is 37.8 Å². The second kappa shape index (κ2) is 14.0. The molecule has 1 aromatic heterocycles. The lowest BCUT2D eigenvalue weighted by atomic mass is 9.86. The highest BCUT2D eigenvalue weighted by Gasteiger charge is 2.45. The van der Waals surface area contributed by atoms with Gasteiger partial charge in [0.05, 0.1) is 22.9 Å². The number of anilines is 2. The van der Waals surface area contributed by atoms with Crippen LogP contribution in [0.1, 0.15) is 97.2 Å². The summed E-state index contributed by atoms with van der Waals surface area (Å²) in [6, 6.07) is 4.00. The van der Waals surface area contributed by atoms with E-state index in [-0.39, 0.29) is 41.4 Å². The number of piperidine rings is 1. The van der Waals surface area contributed by atoms with E-state index in [9.17, 15) is 28.0 Å². The molecule has 2 atom stereocenters. The zero-order valence-corrected chi connectivity index (χ0v) is 25.6. The van der Waals surface area contributed by atoms with E-state index in [0.717, 1.165) is 43.5 Å². The van der Waals surface area contributed by atoms with Crippen LogP contribution in [0, 0.1) is 5.92 Å². The van der Waals surface area contributed by atoms with Crippen LogP contribution in [0.4, 0.5) is 20.2 Å². The van der Waals surface area contributed by atoms with Gasteiger partial charge in [0.1, 0.15) is 12.3 Å². The van der Waals surface area contributed by atoms with Crippen molar-refractivity contribution in [3.63, 3.8) is 0 Å². The number of aromatic nitrogens is 2. The lowest BCUT2D eigenvalue weighted by Crippen LogP contribution is -2.54. The molecule has 4 amide bonds. The van der Waals surface area contributed by atoms with Gasteiger partial charge in [0, 0.05) is 44.4 Å². The van der Waals surface area contributed by atoms with Gasteiger partial charge >= 0.3 is 0 Å². The SMILES string of the molecule is CCCOC(CCN(C)CC1CCC(n2cc(N)c(C(F)F)n2)CC1)Nc1cccc2c1C(=O)N(C1CCC(=O)NC1=O)C2=O. The molecule has 3 aliphatic rings. The number of nitrogens with zero attached hydrogens (tertiary/aromatic N) is 4. The summed E-state index contributed by atoms with van der Waals surface area (Å²) in [6.07, 6.45) is 3.52. The van der Waals surface area contributed by atoms with E-state index < -0.39 is 42.3 Å². The number of fused-ring (bicyclic) bond motifs is 1. The van der Waals surface area contributed by atoms with Crippen LogP contribution in [-0.2, 0) is 14.3 Å². The van der Waals surface area contributed by atoms with Crippen molar-refractivity contribution in [1.29, 1.82) is 0 Å². The highest BCUT2D eigenvalue weighted by molar-refractivity contribution is 6.25. The Morgan fingerprint density at radius 3 is 2.56 bits per heavy atom. The number of carbonyl (C=O) groups excluding carboxylic acids is 4. The molecule has 5 rings (SSSR count). The number of carbonyl (C=O) groups is 4. The molecule has 1 aromatic carbocycles. The molecule has 0 radical (unpaired) electrons. The summed E-state index contributed by atoms with van der Waals surface area (Å²) in [5, 5.41) is 9.58. The Kier molecular flexibility index (Phi) is 10.1. The molecule has 14 heteroatoms. The Bertz CT molecular complexity index is 1420. The predicted molar refractivity (Wildman–Crippen MR) is 161 cm³/mol. The van der Waals surface area contributed by atoms with Crippen LogP contribution in [0.15, 0.2) is 24.4 Å². The van der Waals surface area contributed by atoms with Crippen molar-refractivity contribution in [3.8, 4) is 0 Å². The average Bonchev–Trinajstić information content (AvgIpc) is 3.52. The molecule has 45 heavy (non-hydrogen) atoms. The van der Waals surface area contributed by atoms with Crippen molar-refractivity contribution >= 4 is 35.0 Å². The Hall–Kier alpha value is -3.91. The van der Waals surface area contributed by atoms with Gasteiger partial charge in [0.25, 0.3) is 18.2 Å². The molecule has 244 valence electrons. The van der Waals surface area contributed by atoms with Crippen molar-refractivity contribution < 1.29 is 32.7 Å². The molecule has 3 heterocycles. The summed E-state index contributed by atoms with van der Waals surface area (Å²) >= 11 is 0. The fourth-order valence-electron chi connectivity index (χ4n) is 6.50. The van der Waals surface area contributed by atoms with Gasteiger partial charge in [0.2, 0.25) is 11.8 Å². The lowest BCUT2D eigenvalue weighted by molar-refractivity contribution is -0.136. The van der Waals surface area contributed by atoms with E-state index >= 15 is 0 Å². The Morgan fingerprint density at radius 2 is 1.89 bits per heavy atom. The zero-order valence-electron chi connectivity index (χ0n) is 25.6. The maximum atomic E-state index is 13.5. The Labute approximate surface area is 260 Å². The van der Waals surface area contributed by atoms with E-state index in [1.54, 1.807) is 22.9 Å². The molecule has 0 spiro atoms. The van der Waals surface area contributed by atoms with Crippen LogP contribution in [0.2, 0.25) is 0 Å². The van der Waals surface area contributed by atoms with Gasteiger partial charge < -0.3 is 20.7 Å². The Balaban J connectivity index is 1.17. The summed E-state index contributed by atoms with van der Waals surface area (Å²) in [7, 11) is 2.05. The Morgan fingerprint density at radius 1 is 1.13 bits per heavy atom. The number of ether oxygens (including phenoxy) is 1. The molecule has 4 N–H and O–H groups in total. The fourth-order valence-corrected chi connectivity index (χ4v) is 6.50. The first-order chi connectivity index (χ1) is 21.6. The maximum absolute atomic E-state index is 13.5. The second-order valence-corrected chi connectivity index (χ2v) is 12.2. The van der Waals surface area contributed by atoms with Crippen molar-refractivity contribution in [1.82, 2.24) is 24.9 Å². The van der Waals surface area contributed by atoms with Gasteiger partial charge in [-0.1, -0.05) is 13.0 Å².